The Balaban J connectivity index is 0.00000176. The van der Waals surface area contributed by atoms with Crippen LogP contribution >= 0.6 is 23.7 Å². The summed E-state index contributed by atoms with van der Waals surface area (Å²) in [4.78, 5) is 10.5. The van der Waals surface area contributed by atoms with Gasteiger partial charge >= 0.3 is 0 Å². The van der Waals surface area contributed by atoms with Crippen molar-refractivity contribution in [1.29, 1.82) is 0 Å². The van der Waals surface area contributed by atoms with E-state index in [9.17, 15) is 0 Å². The summed E-state index contributed by atoms with van der Waals surface area (Å²) in [7, 11) is 0. The number of piperazine rings is 1. The highest BCUT2D eigenvalue weighted by molar-refractivity contribution is 7.15. The smallest absolute Gasteiger partial charge is 0.180 e. The summed E-state index contributed by atoms with van der Waals surface area (Å²) in [6.07, 6.45) is 1.91. The maximum atomic E-state index is 5.71. The van der Waals surface area contributed by atoms with E-state index in [1.807, 2.05) is 6.20 Å². The molecule has 0 radical (unpaired) electrons. The minimum absolute atomic E-state index is 0. The molecule has 2 heterocycles. The van der Waals surface area contributed by atoms with E-state index in [-0.39, 0.29) is 12.4 Å². The second-order valence-electron chi connectivity index (χ2n) is 5.71. The Morgan fingerprint density at radius 2 is 2.00 bits per heavy atom. The Morgan fingerprint density at radius 1 is 1.23 bits per heavy atom. The Kier molecular flexibility index (Phi) is 6.20. The van der Waals surface area contributed by atoms with Gasteiger partial charge in [-0.2, -0.15) is 0 Å². The van der Waals surface area contributed by atoms with Crippen LogP contribution in [0.25, 0.3) is 0 Å². The highest BCUT2D eigenvalue weighted by atomic mass is 35.5. The van der Waals surface area contributed by atoms with E-state index < -0.39 is 0 Å². The molecule has 2 N–H and O–H groups in total. The summed E-state index contributed by atoms with van der Waals surface area (Å²) in [5.41, 5.74) is 7.10. The normalized spacial score (nSPS) is 19.8. The van der Waals surface area contributed by atoms with Gasteiger partial charge in [-0.3, -0.25) is 9.80 Å². The van der Waals surface area contributed by atoms with Crippen molar-refractivity contribution in [3.63, 3.8) is 0 Å². The zero-order chi connectivity index (χ0) is 14.7. The summed E-state index contributed by atoms with van der Waals surface area (Å²) in [5, 5.41) is 0.667. The molecule has 0 unspecified atom stereocenters. The van der Waals surface area contributed by atoms with Crippen molar-refractivity contribution in [2.75, 3.05) is 25.4 Å². The lowest BCUT2D eigenvalue weighted by atomic mass is 10.1. The van der Waals surface area contributed by atoms with Crippen molar-refractivity contribution in [2.45, 2.75) is 26.1 Å². The molecule has 2 aromatic rings. The molecule has 0 spiro atoms. The van der Waals surface area contributed by atoms with Gasteiger partial charge in [0.25, 0.3) is 0 Å². The number of anilines is 1. The number of hydrogen-bond acceptors (Lipinski definition) is 5. The number of nitrogens with zero attached hydrogens (tertiary/aromatic N) is 3. The molecule has 6 heteroatoms. The predicted molar refractivity (Wildman–Crippen MR) is 95.4 cm³/mol. The number of rotatable bonds is 4. The van der Waals surface area contributed by atoms with Crippen LogP contribution in [0.5, 0.6) is 0 Å². The number of aromatic nitrogens is 1. The molecule has 1 aromatic carbocycles. The van der Waals surface area contributed by atoms with Crippen LogP contribution in [0.2, 0.25) is 0 Å². The largest absolute Gasteiger partial charge is 0.375 e. The number of nitrogens with two attached hydrogens (primary N) is 1. The number of halogens is 1. The van der Waals surface area contributed by atoms with E-state index >= 15 is 0 Å². The number of nitrogen functional groups attached to an aromatic ring is 1. The topological polar surface area (TPSA) is 45.4 Å². The molecule has 0 bridgehead atoms. The monoisotopic (exact) mass is 338 g/mol. The highest BCUT2D eigenvalue weighted by Crippen LogP contribution is 2.20. The van der Waals surface area contributed by atoms with E-state index in [1.165, 1.54) is 10.4 Å². The van der Waals surface area contributed by atoms with Crippen molar-refractivity contribution in [2.24, 2.45) is 0 Å². The third-order valence-corrected chi connectivity index (χ3v) is 4.84. The third kappa shape index (κ3) is 4.43. The van der Waals surface area contributed by atoms with E-state index in [0.717, 1.165) is 32.7 Å². The SMILES string of the molecule is C[C@@H]1CN(Cc2ccccc2)CCN1Cc1cnc(N)s1.Cl. The first kappa shape index (κ1) is 17.2. The average Bonchev–Trinajstić information content (AvgIpc) is 2.88. The molecule has 1 aliphatic heterocycles. The minimum Gasteiger partial charge on any atom is -0.375 e. The molecular formula is C16H23ClN4S. The second-order valence-corrected chi connectivity index (χ2v) is 6.85. The maximum Gasteiger partial charge on any atom is 0.180 e. The zero-order valence-corrected chi connectivity index (χ0v) is 14.4. The number of benzene rings is 1. The predicted octanol–water partition coefficient (Wildman–Crippen LogP) is 2.85. The van der Waals surface area contributed by atoms with Crippen LogP contribution in [0.3, 0.4) is 0 Å². The first-order valence-electron chi connectivity index (χ1n) is 7.41. The Morgan fingerprint density at radius 3 is 2.64 bits per heavy atom. The molecule has 22 heavy (non-hydrogen) atoms. The van der Waals surface area contributed by atoms with Crippen LogP contribution in [0.1, 0.15) is 17.4 Å². The molecule has 4 nitrogen and oxygen atoms in total. The molecule has 1 atom stereocenters. The van der Waals surface area contributed by atoms with Crippen LogP contribution in [0.4, 0.5) is 5.13 Å². The summed E-state index contributed by atoms with van der Waals surface area (Å²) in [6, 6.07) is 11.3. The number of hydrogen-bond donors (Lipinski definition) is 1. The highest BCUT2D eigenvalue weighted by Gasteiger charge is 2.24. The van der Waals surface area contributed by atoms with Gasteiger partial charge in [0.15, 0.2) is 5.13 Å². The fraction of sp³-hybridized carbons (Fsp3) is 0.438. The van der Waals surface area contributed by atoms with Crippen molar-refractivity contribution >= 4 is 28.9 Å². The van der Waals surface area contributed by atoms with E-state index in [2.05, 4.69) is 52.0 Å². The van der Waals surface area contributed by atoms with Crippen molar-refractivity contribution in [3.05, 3.63) is 47.0 Å². The van der Waals surface area contributed by atoms with Gasteiger partial charge in [-0.05, 0) is 12.5 Å². The Hall–Kier alpha value is -1.14. The van der Waals surface area contributed by atoms with Gasteiger partial charge in [0.2, 0.25) is 0 Å². The van der Waals surface area contributed by atoms with Gasteiger partial charge < -0.3 is 5.73 Å². The van der Waals surface area contributed by atoms with Gasteiger partial charge in [-0.1, -0.05) is 30.3 Å². The fourth-order valence-electron chi connectivity index (χ4n) is 2.89. The van der Waals surface area contributed by atoms with Gasteiger partial charge in [-0.15, -0.1) is 23.7 Å². The molecule has 1 fully saturated rings. The quantitative estimate of drug-likeness (QED) is 0.931. The lowest BCUT2D eigenvalue weighted by Crippen LogP contribution is -2.50. The Bertz CT molecular complexity index is 575. The van der Waals surface area contributed by atoms with Crippen molar-refractivity contribution in [1.82, 2.24) is 14.8 Å². The molecule has 1 aliphatic rings. The third-order valence-electron chi connectivity index (χ3n) is 4.03. The zero-order valence-electron chi connectivity index (χ0n) is 12.8. The van der Waals surface area contributed by atoms with Gasteiger partial charge in [0.1, 0.15) is 0 Å². The Labute approximate surface area is 142 Å². The van der Waals surface area contributed by atoms with Gasteiger partial charge in [-0.25, -0.2) is 4.98 Å². The fourth-order valence-corrected chi connectivity index (χ4v) is 3.60. The molecule has 1 aromatic heterocycles. The standard InChI is InChI=1S/C16H22N4S.ClH/c1-13-10-19(11-14-5-3-2-4-6-14)7-8-20(13)12-15-9-18-16(17)21-15;/h2-6,9,13H,7-8,10-12H2,1H3,(H2,17,18);1H/t13-;/m1./s1. The molecule has 120 valence electrons. The molecular weight excluding hydrogens is 316 g/mol. The van der Waals surface area contributed by atoms with Crippen molar-refractivity contribution < 1.29 is 0 Å². The van der Waals surface area contributed by atoms with E-state index in [1.54, 1.807) is 11.3 Å². The van der Waals surface area contributed by atoms with Crippen LogP contribution in [0, 0.1) is 0 Å². The molecule has 0 aliphatic carbocycles. The van der Waals surface area contributed by atoms with Gasteiger partial charge in [0.05, 0.1) is 0 Å². The average molecular weight is 339 g/mol. The first-order valence-corrected chi connectivity index (χ1v) is 8.23. The maximum absolute atomic E-state index is 5.71. The van der Waals surface area contributed by atoms with Crippen LogP contribution in [0.15, 0.2) is 36.5 Å². The van der Waals surface area contributed by atoms with E-state index in [0.29, 0.717) is 11.2 Å². The van der Waals surface area contributed by atoms with Crippen LogP contribution in [-0.2, 0) is 13.1 Å². The molecule has 1 saturated heterocycles. The van der Waals surface area contributed by atoms with Crippen LogP contribution < -0.4 is 5.73 Å². The lowest BCUT2D eigenvalue weighted by Gasteiger charge is -2.39. The van der Waals surface area contributed by atoms with Crippen molar-refractivity contribution in [3.8, 4) is 0 Å². The van der Waals surface area contributed by atoms with Gasteiger partial charge in [0, 0.05) is 49.8 Å². The number of thiazole rings is 1. The molecule has 3 rings (SSSR count). The summed E-state index contributed by atoms with van der Waals surface area (Å²) in [6.45, 7) is 7.66. The minimum atomic E-state index is 0. The molecule has 0 amide bonds. The molecule has 0 saturated carbocycles. The van der Waals surface area contributed by atoms with Crippen LogP contribution in [-0.4, -0.2) is 40.5 Å². The summed E-state index contributed by atoms with van der Waals surface area (Å²) >= 11 is 1.60. The summed E-state index contributed by atoms with van der Waals surface area (Å²) < 4.78 is 0. The second kappa shape index (κ2) is 7.92. The first-order chi connectivity index (χ1) is 10.2. The van der Waals surface area contributed by atoms with E-state index in [4.69, 9.17) is 5.73 Å². The lowest BCUT2D eigenvalue weighted by molar-refractivity contribution is 0.0740. The summed E-state index contributed by atoms with van der Waals surface area (Å²) in [5.74, 6) is 0.